The third kappa shape index (κ3) is 2.14. The Morgan fingerprint density at radius 1 is 1.25 bits per heavy atom. The van der Waals surface area contributed by atoms with E-state index in [0.29, 0.717) is 11.0 Å². The molecular formula is C10H12ClN5. The molecule has 0 amide bonds. The van der Waals surface area contributed by atoms with Crippen molar-refractivity contribution in [3.63, 3.8) is 0 Å². The third-order valence-electron chi connectivity index (χ3n) is 2.23. The molecule has 0 aliphatic carbocycles. The molecule has 6 heteroatoms. The zero-order valence-corrected chi connectivity index (χ0v) is 10.1. The van der Waals surface area contributed by atoms with Crippen LogP contribution in [0.3, 0.4) is 0 Å². The minimum absolute atomic E-state index is 0.368. The molecule has 1 N–H and O–H groups in total. The number of halogens is 1. The summed E-state index contributed by atoms with van der Waals surface area (Å²) in [5.74, 6) is 0.553. The molecule has 0 saturated heterocycles. The summed E-state index contributed by atoms with van der Waals surface area (Å²) in [6, 6.07) is 0. The molecule has 16 heavy (non-hydrogen) atoms. The number of rotatable bonds is 2. The lowest BCUT2D eigenvalue weighted by atomic mass is 10.3. The lowest BCUT2D eigenvalue weighted by Crippen LogP contribution is -2.00. The molecule has 2 aromatic heterocycles. The fourth-order valence-electron chi connectivity index (χ4n) is 1.28. The highest BCUT2D eigenvalue weighted by Gasteiger charge is 2.07. The van der Waals surface area contributed by atoms with Crippen LogP contribution in [0.5, 0.6) is 0 Å². The first-order chi connectivity index (χ1) is 7.56. The molecule has 0 aliphatic heterocycles. The van der Waals surface area contributed by atoms with Gasteiger partial charge in [0, 0.05) is 13.2 Å². The van der Waals surface area contributed by atoms with Crippen LogP contribution in [0.25, 0.3) is 0 Å². The van der Waals surface area contributed by atoms with Crippen molar-refractivity contribution < 1.29 is 0 Å². The van der Waals surface area contributed by atoms with Crippen LogP contribution >= 0.6 is 11.6 Å². The molecule has 5 nitrogen and oxygen atoms in total. The van der Waals surface area contributed by atoms with Crippen LogP contribution in [-0.2, 0) is 7.05 Å². The van der Waals surface area contributed by atoms with E-state index in [4.69, 9.17) is 11.6 Å². The highest BCUT2D eigenvalue weighted by atomic mass is 35.5. The predicted octanol–water partition coefficient (Wildman–Crippen LogP) is 2.22. The van der Waals surface area contributed by atoms with Crippen molar-refractivity contribution in [1.82, 2.24) is 19.7 Å². The summed E-state index contributed by atoms with van der Waals surface area (Å²) in [4.78, 5) is 8.52. The summed E-state index contributed by atoms with van der Waals surface area (Å²) >= 11 is 5.99. The molecule has 0 bridgehead atoms. The van der Waals surface area contributed by atoms with Gasteiger partial charge in [-0.15, -0.1) is 0 Å². The van der Waals surface area contributed by atoms with Crippen LogP contribution < -0.4 is 5.32 Å². The summed E-state index contributed by atoms with van der Waals surface area (Å²) in [5, 5.41) is 7.49. The van der Waals surface area contributed by atoms with Gasteiger partial charge in [-0.25, -0.2) is 9.97 Å². The second kappa shape index (κ2) is 4.09. The maximum absolute atomic E-state index is 5.99. The van der Waals surface area contributed by atoms with E-state index in [2.05, 4.69) is 20.4 Å². The van der Waals surface area contributed by atoms with Crippen molar-refractivity contribution in [2.45, 2.75) is 13.8 Å². The van der Waals surface area contributed by atoms with Crippen LogP contribution in [0, 0.1) is 13.8 Å². The Morgan fingerprint density at radius 2 is 1.94 bits per heavy atom. The number of nitrogens with one attached hydrogen (secondary N) is 1. The molecule has 0 saturated carbocycles. The Morgan fingerprint density at radius 3 is 2.56 bits per heavy atom. The molecule has 0 atom stereocenters. The summed E-state index contributed by atoms with van der Waals surface area (Å²) < 4.78 is 1.70. The highest BCUT2D eigenvalue weighted by Crippen LogP contribution is 2.22. The first-order valence-electron chi connectivity index (χ1n) is 4.82. The third-order valence-corrected chi connectivity index (χ3v) is 2.50. The van der Waals surface area contributed by atoms with Crippen molar-refractivity contribution in [2.24, 2.45) is 7.05 Å². The lowest BCUT2D eigenvalue weighted by molar-refractivity contribution is 0.768. The van der Waals surface area contributed by atoms with E-state index in [1.165, 1.54) is 0 Å². The number of nitrogens with zero attached hydrogens (tertiary/aromatic N) is 4. The number of hydrogen-bond donors (Lipinski definition) is 1. The Kier molecular flexibility index (Phi) is 2.78. The number of hydrogen-bond acceptors (Lipinski definition) is 4. The summed E-state index contributed by atoms with van der Waals surface area (Å²) in [6.07, 6.45) is 3.54. The fourth-order valence-corrected chi connectivity index (χ4v) is 1.49. The smallest absolute Gasteiger partial charge is 0.172 e. The van der Waals surface area contributed by atoms with Gasteiger partial charge in [-0.1, -0.05) is 11.6 Å². The summed E-state index contributed by atoms with van der Waals surface area (Å²) in [7, 11) is 1.85. The van der Waals surface area contributed by atoms with E-state index in [0.717, 1.165) is 17.1 Å². The van der Waals surface area contributed by atoms with Crippen LogP contribution in [-0.4, -0.2) is 19.7 Å². The predicted molar refractivity (Wildman–Crippen MR) is 63.0 cm³/mol. The van der Waals surface area contributed by atoms with E-state index >= 15 is 0 Å². The number of aryl methyl sites for hydroxylation is 3. The van der Waals surface area contributed by atoms with Gasteiger partial charge in [-0.3, -0.25) is 4.68 Å². The lowest BCUT2D eigenvalue weighted by Gasteiger charge is -2.07. The molecule has 0 aliphatic rings. The van der Waals surface area contributed by atoms with Crippen molar-refractivity contribution >= 4 is 23.1 Å². The van der Waals surface area contributed by atoms with Crippen LogP contribution in [0.2, 0.25) is 5.15 Å². The van der Waals surface area contributed by atoms with Crippen LogP contribution in [0.15, 0.2) is 12.4 Å². The zero-order chi connectivity index (χ0) is 11.7. The SMILES string of the molecule is Cc1nc(Cl)c(Nc2cnn(C)c2)nc1C. The Bertz CT molecular complexity index is 520. The Balaban J connectivity index is 2.31. The van der Waals surface area contributed by atoms with Gasteiger partial charge in [-0.2, -0.15) is 5.10 Å². The fraction of sp³-hybridized carbons (Fsp3) is 0.300. The molecule has 2 heterocycles. The van der Waals surface area contributed by atoms with Gasteiger partial charge in [0.25, 0.3) is 0 Å². The second-order valence-electron chi connectivity index (χ2n) is 3.56. The quantitative estimate of drug-likeness (QED) is 0.870. The van der Waals surface area contributed by atoms with Crippen molar-refractivity contribution in [3.8, 4) is 0 Å². The molecule has 0 unspecified atom stereocenters. The van der Waals surface area contributed by atoms with Gasteiger partial charge in [0.2, 0.25) is 0 Å². The second-order valence-corrected chi connectivity index (χ2v) is 3.92. The molecule has 0 aromatic carbocycles. The maximum Gasteiger partial charge on any atom is 0.172 e. The minimum atomic E-state index is 0.368. The van der Waals surface area contributed by atoms with Crippen LogP contribution in [0.1, 0.15) is 11.4 Å². The summed E-state index contributed by atoms with van der Waals surface area (Å²) in [6.45, 7) is 3.77. The van der Waals surface area contributed by atoms with Crippen molar-refractivity contribution in [3.05, 3.63) is 28.9 Å². The van der Waals surface area contributed by atoms with Gasteiger partial charge in [0.15, 0.2) is 11.0 Å². The van der Waals surface area contributed by atoms with E-state index in [1.54, 1.807) is 10.9 Å². The van der Waals surface area contributed by atoms with E-state index in [-0.39, 0.29) is 0 Å². The molecule has 2 aromatic rings. The Labute approximate surface area is 98.5 Å². The van der Waals surface area contributed by atoms with Gasteiger partial charge in [-0.05, 0) is 13.8 Å². The summed E-state index contributed by atoms with van der Waals surface area (Å²) in [5.41, 5.74) is 2.53. The van der Waals surface area contributed by atoms with E-state index in [9.17, 15) is 0 Å². The van der Waals surface area contributed by atoms with E-state index < -0.39 is 0 Å². The first-order valence-corrected chi connectivity index (χ1v) is 5.20. The largest absolute Gasteiger partial charge is 0.335 e. The normalized spacial score (nSPS) is 10.5. The van der Waals surface area contributed by atoms with E-state index in [1.807, 2.05) is 27.1 Å². The monoisotopic (exact) mass is 237 g/mol. The number of aromatic nitrogens is 4. The van der Waals surface area contributed by atoms with Crippen molar-refractivity contribution in [1.29, 1.82) is 0 Å². The molecule has 0 fully saturated rings. The van der Waals surface area contributed by atoms with Gasteiger partial charge >= 0.3 is 0 Å². The van der Waals surface area contributed by atoms with Gasteiger partial charge in [0.1, 0.15) is 0 Å². The van der Waals surface area contributed by atoms with Crippen LogP contribution in [0.4, 0.5) is 11.5 Å². The van der Waals surface area contributed by atoms with Crippen molar-refractivity contribution in [2.75, 3.05) is 5.32 Å². The number of anilines is 2. The molecule has 0 spiro atoms. The molecule has 0 radical (unpaired) electrons. The standard InChI is InChI=1S/C10H12ClN5/c1-6-7(2)14-10(9(11)13-6)15-8-4-12-16(3)5-8/h4-5H,1-3H3,(H,14,15). The van der Waals surface area contributed by atoms with Gasteiger partial charge < -0.3 is 5.32 Å². The average Bonchev–Trinajstić information content (AvgIpc) is 2.60. The first kappa shape index (κ1) is 10.9. The topological polar surface area (TPSA) is 55.6 Å². The van der Waals surface area contributed by atoms with Gasteiger partial charge in [0.05, 0.1) is 23.3 Å². The Hall–Kier alpha value is -1.62. The molecule has 84 valence electrons. The minimum Gasteiger partial charge on any atom is -0.335 e. The molecular weight excluding hydrogens is 226 g/mol. The highest BCUT2D eigenvalue weighted by molar-refractivity contribution is 6.31. The maximum atomic E-state index is 5.99. The average molecular weight is 238 g/mol. The molecule has 2 rings (SSSR count). The zero-order valence-electron chi connectivity index (χ0n) is 9.32.